The van der Waals surface area contributed by atoms with E-state index in [4.69, 9.17) is 9.47 Å². The Hall–Kier alpha value is -0.840. The van der Waals surface area contributed by atoms with Gasteiger partial charge in [0.15, 0.2) is 6.29 Å². The van der Waals surface area contributed by atoms with E-state index in [1.165, 1.54) is 0 Å². The largest absolute Gasteiger partial charge is 0.389 e. The van der Waals surface area contributed by atoms with E-state index in [1.54, 1.807) is 13.8 Å². The molecule has 0 radical (unpaired) electrons. The van der Waals surface area contributed by atoms with E-state index in [0.29, 0.717) is 18.3 Å². The first-order valence-corrected chi connectivity index (χ1v) is 14.0. The molecule has 1 heterocycles. The molecule has 5 aliphatic rings. The van der Waals surface area contributed by atoms with Crippen LogP contribution in [0.25, 0.3) is 0 Å². The van der Waals surface area contributed by atoms with Gasteiger partial charge in [-0.3, -0.25) is 10.1 Å². The van der Waals surface area contributed by atoms with E-state index < -0.39 is 47.8 Å². The molecule has 0 bridgehead atoms. The van der Waals surface area contributed by atoms with Gasteiger partial charge in [0.1, 0.15) is 18.3 Å². The van der Waals surface area contributed by atoms with E-state index in [0.717, 1.165) is 51.4 Å². The summed E-state index contributed by atoms with van der Waals surface area (Å²) in [6.07, 6.45) is 2.31. The second kappa shape index (κ2) is 9.12. The molecule has 9 heteroatoms. The quantitative estimate of drug-likeness (QED) is 0.256. The highest BCUT2D eigenvalue weighted by Crippen LogP contribution is 2.69. The summed E-state index contributed by atoms with van der Waals surface area (Å²) >= 11 is 0. The Morgan fingerprint density at radius 1 is 0.972 bits per heavy atom. The highest BCUT2D eigenvalue weighted by Gasteiger charge is 2.69. The fourth-order valence-electron chi connectivity index (χ4n) is 9.59. The van der Waals surface area contributed by atoms with Gasteiger partial charge in [0, 0.05) is 23.2 Å². The van der Waals surface area contributed by atoms with Crippen molar-refractivity contribution in [2.45, 2.75) is 134 Å². The van der Waals surface area contributed by atoms with Crippen molar-refractivity contribution in [3.63, 3.8) is 0 Å². The summed E-state index contributed by atoms with van der Waals surface area (Å²) in [5.41, 5.74) is -1.19. The van der Waals surface area contributed by atoms with Crippen LogP contribution in [0.2, 0.25) is 0 Å². The average molecular weight is 512 g/mol. The fourth-order valence-corrected chi connectivity index (χ4v) is 9.59. The minimum Gasteiger partial charge on any atom is -0.389 e. The maximum Gasteiger partial charge on any atom is 0.213 e. The third kappa shape index (κ3) is 3.79. The van der Waals surface area contributed by atoms with Crippen LogP contribution in [0.3, 0.4) is 0 Å². The highest BCUT2D eigenvalue weighted by atomic mass is 16.7. The Morgan fingerprint density at radius 2 is 1.69 bits per heavy atom. The Balaban J connectivity index is 1.29. The molecule has 4 aliphatic carbocycles. The Kier molecular flexibility index (Phi) is 6.78. The standard InChI is InChI=1S/C27H45NO8/c1-14(28(33)34)18-9-12-27(32)20-6-5-16-13-17(36-24-23(31)22(30)21(29)15(2)35-24)7-10-25(16,3)19(20)8-11-26(18,27)4/h14-24,29-32H,5-13H2,1-4H3/t14-,15-,16+,17-,18+,19-,20+,21-,22+,23+,24+,25-,26+,27-/m0/s1. The summed E-state index contributed by atoms with van der Waals surface area (Å²) in [6.45, 7) is 7.86. The number of rotatable bonds is 4. The topological polar surface area (TPSA) is 143 Å². The SMILES string of the molecule is C[C@@H]1O[C@H](O[C@H]2CC[C@@]3(C)[C@H](CC[C@@H]4[C@@H]3CC[C@]3(C)[C@@H]([C@H](C)[N+](=O)[O-])CC[C@]43O)C2)[C@H](O)[C@H](O)[C@H]1O. The van der Waals surface area contributed by atoms with Gasteiger partial charge in [0.25, 0.3) is 0 Å². The number of nitro groups is 1. The summed E-state index contributed by atoms with van der Waals surface area (Å²) in [5.74, 6) is 0.883. The smallest absolute Gasteiger partial charge is 0.213 e. The summed E-state index contributed by atoms with van der Waals surface area (Å²) < 4.78 is 11.9. The van der Waals surface area contributed by atoms with Crippen LogP contribution in [0.1, 0.15) is 85.5 Å². The first-order chi connectivity index (χ1) is 16.8. The summed E-state index contributed by atoms with van der Waals surface area (Å²) in [5, 5.41) is 54.4. The predicted molar refractivity (Wildman–Crippen MR) is 130 cm³/mol. The van der Waals surface area contributed by atoms with Crippen LogP contribution in [0, 0.1) is 44.6 Å². The zero-order valence-corrected chi connectivity index (χ0v) is 22.1. The maximum atomic E-state index is 12.2. The molecular weight excluding hydrogens is 466 g/mol. The molecule has 14 atom stereocenters. The van der Waals surface area contributed by atoms with E-state index in [-0.39, 0.29) is 28.3 Å². The Labute approximate surface area is 213 Å². The zero-order chi connectivity index (χ0) is 26.2. The zero-order valence-electron chi connectivity index (χ0n) is 22.1. The van der Waals surface area contributed by atoms with Crippen molar-refractivity contribution in [2.24, 2.45) is 34.5 Å². The third-order valence-corrected chi connectivity index (χ3v) is 11.9. The lowest BCUT2D eigenvalue weighted by atomic mass is 9.43. The van der Waals surface area contributed by atoms with Gasteiger partial charge < -0.3 is 29.9 Å². The van der Waals surface area contributed by atoms with Gasteiger partial charge in [-0.15, -0.1) is 0 Å². The molecule has 0 amide bonds. The number of hydrogen-bond donors (Lipinski definition) is 4. The summed E-state index contributed by atoms with van der Waals surface area (Å²) in [7, 11) is 0. The molecular formula is C27H45NO8. The molecule has 0 spiro atoms. The lowest BCUT2D eigenvalue weighted by Gasteiger charge is -2.63. The molecule has 0 aromatic rings. The van der Waals surface area contributed by atoms with Gasteiger partial charge in [0.05, 0.1) is 17.8 Å². The number of hydrogen-bond acceptors (Lipinski definition) is 8. The molecule has 0 aromatic heterocycles. The highest BCUT2D eigenvalue weighted by molar-refractivity contribution is 5.17. The van der Waals surface area contributed by atoms with Gasteiger partial charge in [-0.2, -0.15) is 0 Å². The van der Waals surface area contributed by atoms with E-state index in [2.05, 4.69) is 13.8 Å². The van der Waals surface area contributed by atoms with Crippen molar-refractivity contribution in [3.8, 4) is 0 Å². The van der Waals surface area contributed by atoms with Crippen molar-refractivity contribution in [3.05, 3.63) is 10.1 Å². The van der Waals surface area contributed by atoms with Crippen LogP contribution in [-0.4, -0.2) is 73.8 Å². The van der Waals surface area contributed by atoms with E-state index >= 15 is 0 Å². The third-order valence-electron chi connectivity index (χ3n) is 11.9. The van der Waals surface area contributed by atoms with E-state index in [9.17, 15) is 30.5 Å². The number of fused-ring (bicyclic) bond motifs is 5. The first-order valence-electron chi connectivity index (χ1n) is 14.0. The number of nitrogens with zero attached hydrogens (tertiary/aromatic N) is 1. The minimum atomic E-state index is -1.30. The monoisotopic (exact) mass is 511 g/mol. The van der Waals surface area contributed by atoms with Crippen LogP contribution >= 0.6 is 0 Å². The van der Waals surface area contributed by atoms with Gasteiger partial charge in [-0.1, -0.05) is 13.8 Å². The van der Waals surface area contributed by atoms with Crippen LogP contribution in [0.4, 0.5) is 0 Å². The minimum absolute atomic E-state index is 0.0711. The van der Waals surface area contributed by atoms with Crippen LogP contribution in [-0.2, 0) is 9.47 Å². The molecule has 4 saturated carbocycles. The summed E-state index contributed by atoms with van der Waals surface area (Å²) in [4.78, 5) is 11.5. The average Bonchev–Trinajstić information content (AvgIpc) is 3.11. The fraction of sp³-hybridized carbons (Fsp3) is 1.00. The maximum absolute atomic E-state index is 12.2. The van der Waals surface area contributed by atoms with Crippen LogP contribution in [0.15, 0.2) is 0 Å². The second-order valence-electron chi connectivity index (χ2n) is 13.3. The number of aliphatic hydroxyl groups excluding tert-OH is 3. The van der Waals surface area contributed by atoms with Gasteiger partial charge in [0.2, 0.25) is 6.04 Å². The Bertz CT molecular complexity index is 858. The van der Waals surface area contributed by atoms with Crippen molar-refractivity contribution in [2.75, 3.05) is 0 Å². The molecule has 9 nitrogen and oxygen atoms in total. The molecule has 5 fully saturated rings. The lowest BCUT2D eigenvalue weighted by Crippen LogP contribution is -2.63. The van der Waals surface area contributed by atoms with Gasteiger partial charge in [-0.05, 0) is 87.9 Å². The van der Waals surface area contributed by atoms with Crippen molar-refractivity contribution < 1.29 is 34.8 Å². The van der Waals surface area contributed by atoms with Crippen molar-refractivity contribution in [1.82, 2.24) is 0 Å². The number of ether oxygens (including phenoxy) is 2. The first kappa shape index (κ1) is 26.8. The number of aliphatic hydroxyl groups is 4. The molecule has 0 unspecified atom stereocenters. The summed E-state index contributed by atoms with van der Waals surface area (Å²) in [6, 6.07) is -0.639. The van der Waals surface area contributed by atoms with Gasteiger partial charge in [-0.25, -0.2) is 0 Å². The van der Waals surface area contributed by atoms with Crippen molar-refractivity contribution in [1.29, 1.82) is 0 Å². The second-order valence-corrected chi connectivity index (χ2v) is 13.3. The molecule has 36 heavy (non-hydrogen) atoms. The molecule has 1 aliphatic heterocycles. The van der Waals surface area contributed by atoms with E-state index in [1.807, 2.05) is 0 Å². The molecule has 4 N–H and O–H groups in total. The Morgan fingerprint density at radius 3 is 2.39 bits per heavy atom. The molecule has 1 saturated heterocycles. The van der Waals surface area contributed by atoms with Crippen LogP contribution < -0.4 is 0 Å². The predicted octanol–water partition coefficient (Wildman–Crippen LogP) is 2.64. The normalized spacial score (nSPS) is 55.8. The van der Waals surface area contributed by atoms with Crippen LogP contribution in [0.5, 0.6) is 0 Å². The lowest BCUT2D eigenvalue weighted by molar-refractivity contribution is -0.532. The molecule has 0 aromatic carbocycles. The molecule has 5 rings (SSSR count). The van der Waals surface area contributed by atoms with Crippen molar-refractivity contribution >= 4 is 0 Å². The van der Waals surface area contributed by atoms with Gasteiger partial charge >= 0.3 is 0 Å². The molecule has 206 valence electrons.